The summed E-state index contributed by atoms with van der Waals surface area (Å²) in [5.41, 5.74) is 0.325. The highest BCUT2D eigenvalue weighted by atomic mass is 16.4. The first kappa shape index (κ1) is 11.8. The zero-order valence-electron chi connectivity index (χ0n) is 9.33. The van der Waals surface area contributed by atoms with E-state index in [0.29, 0.717) is 17.9 Å². The second-order valence-electron chi connectivity index (χ2n) is 4.80. The Morgan fingerprint density at radius 1 is 1.53 bits per heavy atom. The van der Waals surface area contributed by atoms with E-state index in [1.54, 1.807) is 0 Å². The maximum atomic E-state index is 11.2. The molecule has 1 aliphatic carbocycles. The van der Waals surface area contributed by atoms with Crippen molar-refractivity contribution < 1.29 is 14.7 Å². The molecule has 2 amide bonds. The minimum absolute atomic E-state index is 0.325. The molecule has 86 valence electrons. The van der Waals surface area contributed by atoms with Crippen molar-refractivity contribution in [1.29, 1.82) is 0 Å². The van der Waals surface area contributed by atoms with Crippen LogP contribution in [0, 0.1) is 11.3 Å². The van der Waals surface area contributed by atoms with Crippen LogP contribution in [0.2, 0.25) is 0 Å². The van der Waals surface area contributed by atoms with Crippen LogP contribution in [-0.4, -0.2) is 29.7 Å². The van der Waals surface area contributed by atoms with E-state index in [0.717, 1.165) is 6.42 Å². The van der Waals surface area contributed by atoms with E-state index in [9.17, 15) is 9.59 Å². The largest absolute Gasteiger partial charge is 0.480 e. The van der Waals surface area contributed by atoms with Crippen LogP contribution in [0.15, 0.2) is 0 Å². The number of urea groups is 1. The Hall–Kier alpha value is -1.26. The number of hydrogen-bond donors (Lipinski definition) is 3. The van der Waals surface area contributed by atoms with Crippen LogP contribution in [0.5, 0.6) is 0 Å². The van der Waals surface area contributed by atoms with E-state index >= 15 is 0 Å². The maximum Gasteiger partial charge on any atom is 0.325 e. The highest BCUT2D eigenvalue weighted by Crippen LogP contribution is 2.50. The summed E-state index contributed by atoms with van der Waals surface area (Å²) in [7, 11) is 0. The van der Waals surface area contributed by atoms with Gasteiger partial charge < -0.3 is 15.7 Å². The average molecular weight is 214 g/mol. The molecular formula is C10H18N2O3. The van der Waals surface area contributed by atoms with Gasteiger partial charge >= 0.3 is 12.0 Å². The minimum atomic E-state index is -1.03. The Morgan fingerprint density at radius 3 is 2.47 bits per heavy atom. The number of carboxylic acid groups (broad SMARTS) is 1. The van der Waals surface area contributed by atoms with Crippen LogP contribution < -0.4 is 10.6 Å². The average Bonchev–Trinajstić information content (AvgIpc) is 2.70. The predicted octanol–water partition coefficient (Wildman–Crippen LogP) is 0.805. The summed E-state index contributed by atoms with van der Waals surface area (Å²) in [5, 5.41) is 13.6. The number of nitrogens with one attached hydrogen (secondary N) is 2. The summed E-state index contributed by atoms with van der Waals surface area (Å²) < 4.78 is 0. The molecule has 1 aliphatic rings. The van der Waals surface area contributed by atoms with Gasteiger partial charge in [-0.15, -0.1) is 0 Å². The van der Waals surface area contributed by atoms with Crippen LogP contribution in [0.3, 0.4) is 0 Å². The molecule has 5 heteroatoms. The molecule has 1 unspecified atom stereocenters. The lowest BCUT2D eigenvalue weighted by Crippen LogP contribution is -2.45. The highest BCUT2D eigenvalue weighted by Gasteiger charge is 2.45. The molecular weight excluding hydrogens is 196 g/mol. The summed E-state index contributed by atoms with van der Waals surface area (Å²) in [4.78, 5) is 21.7. The van der Waals surface area contributed by atoms with E-state index in [1.807, 2.05) is 0 Å². The molecule has 1 saturated carbocycles. The van der Waals surface area contributed by atoms with Crippen molar-refractivity contribution in [3.05, 3.63) is 0 Å². The lowest BCUT2D eigenvalue weighted by atomic mass is 10.1. The molecule has 0 aromatic rings. The van der Waals surface area contributed by atoms with Crippen molar-refractivity contribution in [3.63, 3.8) is 0 Å². The molecule has 0 aromatic heterocycles. The van der Waals surface area contributed by atoms with Crippen molar-refractivity contribution in [2.75, 3.05) is 6.54 Å². The van der Waals surface area contributed by atoms with Gasteiger partial charge in [0.15, 0.2) is 0 Å². The molecule has 15 heavy (non-hydrogen) atoms. The maximum absolute atomic E-state index is 11.2. The number of carboxylic acids is 1. The van der Waals surface area contributed by atoms with Crippen molar-refractivity contribution in [2.24, 2.45) is 11.3 Å². The van der Waals surface area contributed by atoms with Gasteiger partial charge in [0.2, 0.25) is 0 Å². The zero-order chi connectivity index (χ0) is 11.6. The van der Waals surface area contributed by atoms with Crippen LogP contribution in [0.4, 0.5) is 4.79 Å². The summed E-state index contributed by atoms with van der Waals surface area (Å²) in [6, 6.07) is -1.26. The van der Waals surface area contributed by atoms with Crippen molar-refractivity contribution in [1.82, 2.24) is 10.6 Å². The summed E-state index contributed by atoms with van der Waals surface area (Å²) in [6.45, 7) is 6.35. The monoisotopic (exact) mass is 214 g/mol. The van der Waals surface area contributed by atoms with Crippen LogP contribution in [0.1, 0.15) is 27.2 Å². The van der Waals surface area contributed by atoms with Crippen molar-refractivity contribution in [2.45, 2.75) is 33.2 Å². The molecule has 0 aliphatic heterocycles. The summed E-state index contributed by atoms with van der Waals surface area (Å²) in [6.07, 6.45) is 1.11. The second-order valence-corrected chi connectivity index (χ2v) is 4.80. The molecule has 0 aromatic carbocycles. The van der Waals surface area contributed by atoms with Crippen molar-refractivity contribution >= 4 is 12.0 Å². The molecule has 0 heterocycles. The van der Waals surface area contributed by atoms with Gasteiger partial charge in [0.05, 0.1) is 0 Å². The van der Waals surface area contributed by atoms with Gasteiger partial charge in [0, 0.05) is 6.54 Å². The molecule has 0 radical (unpaired) electrons. The number of hydrogen-bond acceptors (Lipinski definition) is 2. The number of carbonyl (C=O) groups is 2. The molecule has 3 N–H and O–H groups in total. The number of carbonyl (C=O) groups excluding carboxylic acids is 1. The lowest BCUT2D eigenvalue weighted by molar-refractivity contribution is -0.138. The van der Waals surface area contributed by atoms with E-state index in [2.05, 4.69) is 24.5 Å². The predicted molar refractivity (Wildman–Crippen MR) is 55.5 cm³/mol. The number of aliphatic carboxylic acids is 1. The van der Waals surface area contributed by atoms with E-state index in [-0.39, 0.29) is 0 Å². The number of amides is 2. The fraction of sp³-hybridized carbons (Fsp3) is 0.800. The minimum Gasteiger partial charge on any atom is -0.480 e. The van der Waals surface area contributed by atoms with Crippen LogP contribution in [-0.2, 0) is 4.79 Å². The van der Waals surface area contributed by atoms with Gasteiger partial charge in [-0.1, -0.05) is 13.8 Å². The first-order valence-corrected chi connectivity index (χ1v) is 5.10. The summed E-state index contributed by atoms with van der Waals surface area (Å²) in [5.74, 6) is -0.514. The lowest BCUT2D eigenvalue weighted by Gasteiger charge is -2.11. The van der Waals surface area contributed by atoms with Gasteiger partial charge in [-0.3, -0.25) is 4.79 Å². The Kier molecular flexibility index (Phi) is 3.21. The molecule has 0 spiro atoms. The molecule has 5 nitrogen and oxygen atoms in total. The Morgan fingerprint density at radius 2 is 2.07 bits per heavy atom. The molecule has 1 fully saturated rings. The fourth-order valence-corrected chi connectivity index (χ4v) is 1.45. The second kappa shape index (κ2) is 4.08. The highest BCUT2D eigenvalue weighted by molar-refractivity contribution is 5.82. The molecule has 1 rings (SSSR count). The van der Waals surface area contributed by atoms with Gasteiger partial charge in [-0.05, 0) is 24.7 Å². The fourth-order valence-electron chi connectivity index (χ4n) is 1.45. The topological polar surface area (TPSA) is 78.4 Å². The smallest absolute Gasteiger partial charge is 0.325 e. The number of rotatable bonds is 4. The third-order valence-corrected chi connectivity index (χ3v) is 2.94. The third kappa shape index (κ3) is 3.42. The normalized spacial score (nSPS) is 24.1. The Labute approximate surface area is 89.2 Å². The van der Waals surface area contributed by atoms with Gasteiger partial charge in [0.1, 0.15) is 6.04 Å². The summed E-state index contributed by atoms with van der Waals surface area (Å²) >= 11 is 0. The quantitative estimate of drug-likeness (QED) is 0.647. The van der Waals surface area contributed by atoms with E-state index in [4.69, 9.17) is 5.11 Å². The van der Waals surface area contributed by atoms with Gasteiger partial charge in [-0.2, -0.15) is 0 Å². The van der Waals surface area contributed by atoms with Crippen LogP contribution in [0.25, 0.3) is 0 Å². The standard InChI is InChI=1S/C10H18N2O3/c1-6(8(13)14)12-9(15)11-5-7-4-10(7,2)3/h6-7H,4-5H2,1-3H3,(H,13,14)(H2,11,12,15)/t6-,7?/m1/s1. The van der Waals surface area contributed by atoms with E-state index < -0.39 is 18.0 Å². The zero-order valence-corrected chi connectivity index (χ0v) is 9.33. The van der Waals surface area contributed by atoms with E-state index in [1.165, 1.54) is 6.92 Å². The molecule has 0 bridgehead atoms. The van der Waals surface area contributed by atoms with Crippen LogP contribution >= 0.6 is 0 Å². The molecule has 2 atom stereocenters. The first-order valence-electron chi connectivity index (χ1n) is 5.10. The van der Waals surface area contributed by atoms with Gasteiger partial charge in [-0.25, -0.2) is 4.79 Å². The third-order valence-electron chi connectivity index (χ3n) is 2.94. The Balaban J connectivity index is 2.17. The Bertz CT molecular complexity index is 276. The van der Waals surface area contributed by atoms with Gasteiger partial charge in [0.25, 0.3) is 0 Å². The molecule has 0 saturated heterocycles. The first-order chi connectivity index (χ1) is 6.83. The SMILES string of the molecule is C[C@@H](NC(=O)NCC1CC1(C)C)C(=O)O. The van der Waals surface area contributed by atoms with Crippen molar-refractivity contribution in [3.8, 4) is 0 Å².